The molecule has 2 amide bonds. The van der Waals surface area contributed by atoms with Gasteiger partial charge in [0.15, 0.2) is 0 Å². The van der Waals surface area contributed by atoms with Crippen molar-refractivity contribution in [3.63, 3.8) is 0 Å². The number of anilines is 1. The number of halogens is 1. The van der Waals surface area contributed by atoms with Gasteiger partial charge >= 0.3 is 0 Å². The summed E-state index contributed by atoms with van der Waals surface area (Å²) in [6.07, 6.45) is 0.177. The molecule has 7 nitrogen and oxygen atoms in total. The number of likely N-dealkylation sites (N-methyl/N-ethyl adjacent to an activating group) is 1. The van der Waals surface area contributed by atoms with Crippen molar-refractivity contribution in [1.82, 2.24) is 14.7 Å². The van der Waals surface area contributed by atoms with E-state index in [0.29, 0.717) is 29.5 Å². The standard InChI is InChI=1S/C28H27FN4O3/c1-3-32(28(35)17-20-9-15-24(36-2)16-10-20)19-27(34)30-26-18-25(21-7-5-4-6-8-21)31-33(26)23-13-11-22(29)12-14-23/h4-16,18H,3,17,19H2,1-2H3,(H,30,34). The number of amides is 2. The summed E-state index contributed by atoms with van der Waals surface area (Å²) in [7, 11) is 1.59. The lowest BCUT2D eigenvalue weighted by Crippen LogP contribution is -2.38. The molecule has 0 saturated carbocycles. The zero-order valence-electron chi connectivity index (χ0n) is 20.1. The minimum absolute atomic E-state index is 0.110. The summed E-state index contributed by atoms with van der Waals surface area (Å²) in [6, 6.07) is 24.4. The summed E-state index contributed by atoms with van der Waals surface area (Å²) >= 11 is 0. The highest BCUT2D eigenvalue weighted by molar-refractivity contribution is 5.95. The zero-order chi connectivity index (χ0) is 25.5. The molecule has 3 aromatic carbocycles. The van der Waals surface area contributed by atoms with Crippen LogP contribution in [-0.4, -0.2) is 46.7 Å². The van der Waals surface area contributed by atoms with Gasteiger partial charge in [0.25, 0.3) is 0 Å². The van der Waals surface area contributed by atoms with Crippen molar-refractivity contribution < 1.29 is 18.7 Å². The first kappa shape index (κ1) is 24.7. The molecule has 36 heavy (non-hydrogen) atoms. The van der Waals surface area contributed by atoms with E-state index in [1.807, 2.05) is 49.4 Å². The van der Waals surface area contributed by atoms with Gasteiger partial charge in [0.1, 0.15) is 17.4 Å². The fourth-order valence-electron chi connectivity index (χ4n) is 3.76. The monoisotopic (exact) mass is 486 g/mol. The molecule has 0 spiro atoms. The molecule has 1 aromatic heterocycles. The van der Waals surface area contributed by atoms with Crippen LogP contribution < -0.4 is 10.1 Å². The van der Waals surface area contributed by atoms with E-state index in [4.69, 9.17) is 4.74 Å². The number of nitrogens with zero attached hydrogens (tertiary/aromatic N) is 3. The van der Waals surface area contributed by atoms with Gasteiger partial charge in [-0.3, -0.25) is 9.59 Å². The van der Waals surface area contributed by atoms with Crippen LogP contribution in [0.2, 0.25) is 0 Å². The number of ether oxygens (including phenoxy) is 1. The number of rotatable bonds is 9. The number of carbonyl (C=O) groups is 2. The van der Waals surface area contributed by atoms with Crippen LogP contribution in [0.25, 0.3) is 16.9 Å². The van der Waals surface area contributed by atoms with Gasteiger partial charge in [0.2, 0.25) is 11.8 Å². The van der Waals surface area contributed by atoms with E-state index in [-0.39, 0.29) is 30.6 Å². The van der Waals surface area contributed by atoms with Gasteiger partial charge in [-0.05, 0) is 48.9 Å². The minimum atomic E-state index is -0.367. The Bertz CT molecular complexity index is 1320. The Hall–Kier alpha value is -4.46. The molecular formula is C28H27FN4O3. The lowest BCUT2D eigenvalue weighted by molar-refractivity contribution is -0.133. The first-order valence-corrected chi connectivity index (χ1v) is 11.6. The van der Waals surface area contributed by atoms with Gasteiger partial charge in [0.05, 0.1) is 31.5 Å². The van der Waals surface area contributed by atoms with E-state index in [1.165, 1.54) is 17.0 Å². The molecule has 8 heteroatoms. The smallest absolute Gasteiger partial charge is 0.245 e. The maximum Gasteiger partial charge on any atom is 0.245 e. The molecule has 184 valence electrons. The Balaban J connectivity index is 1.51. The van der Waals surface area contributed by atoms with Crippen LogP contribution in [0.15, 0.2) is 84.9 Å². The Morgan fingerprint density at radius 2 is 1.69 bits per heavy atom. The van der Waals surface area contributed by atoms with E-state index in [2.05, 4.69) is 10.4 Å². The topological polar surface area (TPSA) is 76.5 Å². The van der Waals surface area contributed by atoms with Crippen molar-refractivity contribution in [2.75, 3.05) is 25.5 Å². The molecule has 0 saturated heterocycles. The van der Waals surface area contributed by atoms with Crippen molar-refractivity contribution in [2.24, 2.45) is 0 Å². The number of nitrogens with one attached hydrogen (secondary N) is 1. The quantitative estimate of drug-likeness (QED) is 0.372. The minimum Gasteiger partial charge on any atom is -0.497 e. The van der Waals surface area contributed by atoms with Gasteiger partial charge in [-0.15, -0.1) is 0 Å². The third kappa shape index (κ3) is 5.96. The zero-order valence-corrected chi connectivity index (χ0v) is 20.1. The second-order valence-corrected chi connectivity index (χ2v) is 8.15. The van der Waals surface area contributed by atoms with E-state index in [9.17, 15) is 14.0 Å². The van der Waals surface area contributed by atoms with Crippen LogP contribution >= 0.6 is 0 Å². The number of carbonyl (C=O) groups excluding carboxylic acids is 2. The SMILES string of the molecule is CCN(CC(=O)Nc1cc(-c2ccccc2)nn1-c1ccc(F)cc1)C(=O)Cc1ccc(OC)cc1. The molecule has 0 bridgehead atoms. The first-order chi connectivity index (χ1) is 17.5. The van der Waals surface area contributed by atoms with Crippen molar-refractivity contribution >= 4 is 17.6 Å². The molecule has 0 atom stereocenters. The molecule has 0 aliphatic rings. The third-order valence-electron chi connectivity index (χ3n) is 5.70. The molecule has 0 radical (unpaired) electrons. The fraction of sp³-hybridized carbons (Fsp3) is 0.179. The van der Waals surface area contributed by atoms with Crippen molar-refractivity contribution in [3.05, 3.63) is 96.3 Å². The lowest BCUT2D eigenvalue weighted by atomic mass is 10.1. The highest BCUT2D eigenvalue weighted by Crippen LogP contribution is 2.25. The summed E-state index contributed by atoms with van der Waals surface area (Å²) in [6.45, 7) is 2.10. The molecule has 0 aliphatic carbocycles. The van der Waals surface area contributed by atoms with Gasteiger partial charge in [-0.25, -0.2) is 9.07 Å². The molecule has 1 N–H and O–H groups in total. The van der Waals surface area contributed by atoms with Gasteiger partial charge in [-0.2, -0.15) is 5.10 Å². The van der Waals surface area contributed by atoms with E-state index in [0.717, 1.165) is 11.1 Å². The fourth-order valence-corrected chi connectivity index (χ4v) is 3.76. The van der Waals surface area contributed by atoms with E-state index < -0.39 is 0 Å². The largest absolute Gasteiger partial charge is 0.497 e. The Kier molecular flexibility index (Phi) is 7.75. The molecular weight excluding hydrogens is 459 g/mol. The summed E-state index contributed by atoms with van der Waals surface area (Å²) < 4.78 is 20.2. The maximum absolute atomic E-state index is 13.5. The highest BCUT2D eigenvalue weighted by atomic mass is 19.1. The van der Waals surface area contributed by atoms with Gasteiger partial charge in [0, 0.05) is 18.2 Å². The summed E-state index contributed by atoms with van der Waals surface area (Å²) in [5.41, 5.74) is 2.95. The normalized spacial score (nSPS) is 10.6. The molecule has 0 unspecified atom stereocenters. The predicted molar refractivity (Wildman–Crippen MR) is 137 cm³/mol. The number of benzene rings is 3. The van der Waals surface area contributed by atoms with Crippen molar-refractivity contribution in [1.29, 1.82) is 0 Å². The second kappa shape index (κ2) is 11.3. The van der Waals surface area contributed by atoms with Crippen LogP contribution in [0.3, 0.4) is 0 Å². The van der Waals surface area contributed by atoms with Gasteiger partial charge < -0.3 is 15.0 Å². The summed E-state index contributed by atoms with van der Waals surface area (Å²) in [5.74, 6) is 0.251. The van der Waals surface area contributed by atoms with E-state index in [1.54, 1.807) is 42.1 Å². The Morgan fingerprint density at radius 1 is 1.00 bits per heavy atom. The first-order valence-electron chi connectivity index (χ1n) is 11.6. The Labute approximate surface area is 209 Å². The van der Waals surface area contributed by atoms with Crippen LogP contribution in [0.1, 0.15) is 12.5 Å². The van der Waals surface area contributed by atoms with Crippen LogP contribution in [0.4, 0.5) is 10.2 Å². The number of hydrogen-bond acceptors (Lipinski definition) is 4. The molecule has 0 fully saturated rings. The predicted octanol–water partition coefficient (Wildman–Crippen LogP) is 4.72. The Morgan fingerprint density at radius 3 is 2.33 bits per heavy atom. The number of methoxy groups -OCH3 is 1. The molecule has 4 rings (SSSR count). The number of hydrogen-bond donors (Lipinski definition) is 1. The highest BCUT2D eigenvalue weighted by Gasteiger charge is 2.19. The van der Waals surface area contributed by atoms with Crippen LogP contribution in [-0.2, 0) is 16.0 Å². The van der Waals surface area contributed by atoms with Gasteiger partial charge in [-0.1, -0.05) is 42.5 Å². The van der Waals surface area contributed by atoms with Crippen LogP contribution in [0, 0.1) is 5.82 Å². The van der Waals surface area contributed by atoms with Crippen LogP contribution in [0.5, 0.6) is 5.75 Å². The summed E-state index contributed by atoms with van der Waals surface area (Å²) in [5, 5.41) is 7.50. The lowest BCUT2D eigenvalue weighted by Gasteiger charge is -2.20. The summed E-state index contributed by atoms with van der Waals surface area (Å²) in [4.78, 5) is 27.3. The molecule has 4 aromatic rings. The van der Waals surface area contributed by atoms with E-state index >= 15 is 0 Å². The third-order valence-corrected chi connectivity index (χ3v) is 5.70. The average molecular weight is 487 g/mol. The molecule has 0 aliphatic heterocycles. The maximum atomic E-state index is 13.5. The molecule has 1 heterocycles. The number of aromatic nitrogens is 2. The second-order valence-electron chi connectivity index (χ2n) is 8.15. The average Bonchev–Trinajstić information content (AvgIpc) is 3.32. The van der Waals surface area contributed by atoms with Crippen molar-refractivity contribution in [3.8, 4) is 22.7 Å². The van der Waals surface area contributed by atoms with Crippen molar-refractivity contribution in [2.45, 2.75) is 13.3 Å².